The number of rotatable bonds is 7. The van der Waals surface area contributed by atoms with Crippen molar-refractivity contribution in [3.8, 4) is 11.5 Å². The third-order valence-electron chi connectivity index (χ3n) is 5.83. The minimum absolute atomic E-state index is 0.152. The maximum absolute atomic E-state index is 12.9. The van der Waals surface area contributed by atoms with Crippen LogP contribution in [0.4, 0.5) is 5.13 Å². The van der Waals surface area contributed by atoms with Crippen LogP contribution in [0.1, 0.15) is 38.8 Å². The average Bonchev–Trinajstić information content (AvgIpc) is 3.58. The first-order valence-corrected chi connectivity index (χ1v) is 12.1. The smallest absolute Gasteiger partial charge is 0.266 e. The van der Waals surface area contributed by atoms with Gasteiger partial charge in [0.15, 0.2) is 10.9 Å². The molecule has 0 unspecified atom stereocenters. The second kappa shape index (κ2) is 9.67. The summed E-state index contributed by atoms with van der Waals surface area (Å²) < 4.78 is 6.64. The molecule has 0 bridgehead atoms. The van der Waals surface area contributed by atoms with Crippen molar-refractivity contribution in [2.45, 2.75) is 32.2 Å². The number of aryl methyl sites for hydroxylation is 2. The van der Waals surface area contributed by atoms with E-state index in [1.165, 1.54) is 22.1 Å². The lowest BCUT2D eigenvalue weighted by Crippen LogP contribution is -2.34. The maximum atomic E-state index is 12.9. The Balaban J connectivity index is 1.20. The normalized spacial score (nSPS) is 14.5. The van der Waals surface area contributed by atoms with Crippen LogP contribution in [-0.2, 0) is 17.8 Å². The van der Waals surface area contributed by atoms with Gasteiger partial charge in [-0.25, -0.2) is 9.67 Å². The van der Waals surface area contributed by atoms with Gasteiger partial charge in [0.25, 0.3) is 11.5 Å². The minimum Gasteiger partial charge on any atom is -0.463 e. The highest BCUT2D eigenvalue weighted by Crippen LogP contribution is 2.38. The van der Waals surface area contributed by atoms with E-state index in [0.717, 1.165) is 16.9 Å². The molecule has 2 amide bonds. The summed E-state index contributed by atoms with van der Waals surface area (Å²) >= 11 is 1.40. The van der Waals surface area contributed by atoms with Gasteiger partial charge in [-0.15, -0.1) is 11.3 Å². The van der Waals surface area contributed by atoms with Crippen molar-refractivity contribution in [2.24, 2.45) is 0 Å². The van der Waals surface area contributed by atoms with E-state index in [2.05, 4.69) is 20.7 Å². The van der Waals surface area contributed by atoms with Gasteiger partial charge < -0.3 is 9.73 Å². The first kappa shape index (κ1) is 22.7. The highest BCUT2D eigenvalue weighted by molar-refractivity contribution is 7.16. The first-order valence-electron chi connectivity index (χ1n) is 11.3. The Morgan fingerprint density at radius 3 is 2.77 bits per heavy atom. The van der Waals surface area contributed by atoms with Crippen molar-refractivity contribution in [3.63, 3.8) is 0 Å². The number of anilines is 1. The Morgan fingerprint density at radius 1 is 1.17 bits per heavy atom. The first-order chi connectivity index (χ1) is 17.0. The van der Waals surface area contributed by atoms with Gasteiger partial charge in [-0.1, -0.05) is 17.7 Å². The van der Waals surface area contributed by atoms with Crippen molar-refractivity contribution in [3.05, 3.63) is 86.8 Å². The molecule has 1 aromatic carbocycles. The molecule has 4 aromatic rings. The third-order valence-corrected chi connectivity index (χ3v) is 6.88. The lowest BCUT2D eigenvalue weighted by atomic mass is 10.1. The predicted octanol–water partition coefficient (Wildman–Crippen LogP) is 3.37. The summed E-state index contributed by atoms with van der Waals surface area (Å²) in [6, 6.07) is 13.9. The zero-order chi connectivity index (χ0) is 24.4. The molecule has 9 nitrogen and oxygen atoms in total. The molecule has 0 aliphatic heterocycles. The van der Waals surface area contributed by atoms with Gasteiger partial charge in [0.05, 0.1) is 24.4 Å². The number of fused-ring (bicyclic) bond motifs is 1. The summed E-state index contributed by atoms with van der Waals surface area (Å²) in [7, 11) is 0. The quantitative estimate of drug-likeness (QED) is 0.411. The molecule has 10 heteroatoms. The molecule has 0 saturated carbocycles. The summed E-state index contributed by atoms with van der Waals surface area (Å²) in [6.45, 7) is 2.44. The average molecular weight is 490 g/mol. The molecule has 1 aliphatic rings. The summed E-state index contributed by atoms with van der Waals surface area (Å²) in [5.74, 6) is -0.200. The fourth-order valence-electron chi connectivity index (χ4n) is 3.98. The molecule has 0 fully saturated rings. The van der Waals surface area contributed by atoms with Gasteiger partial charge in [0, 0.05) is 23.1 Å². The summed E-state index contributed by atoms with van der Waals surface area (Å²) in [5.41, 5.74) is 2.63. The number of hydrogen-bond acceptors (Lipinski definition) is 7. The summed E-state index contributed by atoms with van der Waals surface area (Å²) in [6.07, 6.45) is 2.94. The summed E-state index contributed by atoms with van der Waals surface area (Å²) in [5, 5.41) is 10.5. The molecule has 3 heterocycles. The molecule has 0 spiro atoms. The Hall–Kier alpha value is -4.05. The van der Waals surface area contributed by atoms with E-state index in [0.29, 0.717) is 34.3 Å². The lowest BCUT2D eigenvalue weighted by Gasteiger charge is -2.11. The van der Waals surface area contributed by atoms with Crippen LogP contribution in [0.25, 0.3) is 11.5 Å². The van der Waals surface area contributed by atoms with E-state index in [1.54, 1.807) is 36.6 Å². The van der Waals surface area contributed by atoms with Crippen molar-refractivity contribution in [2.75, 3.05) is 11.9 Å². The van der Waals surface area contributed by atoms with E-state index >= 15 is 0 Å². The molecule has 1 aliphatic carbocycles. The van der Waals surface area contributed by atoms with E-state index in [1.807, 2.05) is 19.1 Å². The zero-order valence-corrected chi connectivity index (χ0v) is 19.8. The molecule has 2 N–H and O–H groups in total. The van der Waals surface area contributed by atoms with Gasteiger partial charge >= 0.3 is 0 Å². The van der Waals surface area contributed by atoms with Crippen LogP contribution in [0.2, 0.25) is 0 Å². The highest BCUT2D eigenvalue weighted by Gasteiger charge is 2.32. The fourth-order valence-corrected chi connectivity index (χ4v) is 5.02. The standard InChI is InChI=1S/C25H23N5O4S/c1-15-4-6-16(7-5-15)23(32)28-25-27-22-17(8-10-20(22)35-25)24(33)26-12-13-30-21(31)11-9-18(29-30)19-3-2-14-34-19/h2-7,9,11,14,17H,8,10,12-13H2,1H3,(H,26,33)(H,27,28,32)/t17-/m1/s1. The number of nitrogens with zero attached hydrogens (tertiary/aromatic N) is 3. The second-order valence-corrected chi connectivity index (χ2v) is 9.37. The van der Waals surface area contributed by atoms with Crippen LogP contribution < -0.4 is 16.2 Å². The number of thiazole rings is 1. The van der Waals surface area contributed by atoms with Gasteiger partial charge in [0.2, 0.25) is 5.91 Å². The Labute approximate surface area is 204 Å². The van der Waals surface area contributed by atoms with E-state index in [9.17, 15) is 14.4 Å². The third kappa shape index (κ3) is 4.92. The molecule has 178 valence electrons. The van der Waals surface area contributed by atoms with Crippen LogP contribution in [0.15, 0.2) is 64.0 Å². The van der Waals surface area contributed by atoms with Gasteiger partial charge in [-0.3, -0.25) is 19.7 Å². The Bertz CT molecular complexity index is 1420. The molecule has 3 aromatic heterocycles. The van der Waals surface area contributed by atoms with Crippen molar-refractivity contribution < 1.29 is 14.0 Å². The number of carbonyl (C=O) groups excluding carboxylic acids is 2. The summed E-state index contributed by atoms with van der Waals surface area (Å²) in [4.78, 5) is 43.1. The molecule has 0 saturated heterocycles. The number of nitrogens with one attached hydrogen (secondary N) is 2. The molecule has 5 rings (SSSR count). The number of carbonyl (C=O) groups is 2. The van der Waals surface area contributed by atoms with E-state index in [-0.39, 0.29) is 36.4 Å². The number of furan rings is 1. The topological polar surface area (TPSA) is 119 Å². The molecule has 35 heavy (non-hydrogen) atoms. The van der Waals surface area contributed by atoms with Crippen LogP contribution in [0.5, 0.6) is 0 Å². The van der Waals surface area contributed by atoms with Crippen molar-refractivity contribution in [1.29, 1.82) is 0 Å². The number of hydrogen-bond donors (Lipinski definition) is 2. The Kier molecular flexibility index (Phi) is 6.28. The van der Waals surface area contributed by atoms with E-state index in [4.69, 9.17) is 4.42 Å². The van der Waals surface area contributed by atoms with E-state index < -0.39 is 0 Å². The van der Waals surface area contributed by atoms with Crippen LogP contribution in [-0.4, -0.2) is 33.1 Å². The predicted molar refractivity (Wildman–Crippen MR) is 132 cm³/mol. The SMILES string of the molecule is Cc1ccc(C(=O)Nc2nc3c(s2)CC[C@H]3C(=O)NCCn2nc(-c3ccco3)ccc2=O)cc1. The van der Waals surface area contributed by atoms with Gasteiger partial charge in [-0.2, -0.15) is 5.10 Å². The van der Waals surface area contributed by atoms with Gasteiger partial charge in [0.1, 0.15) is 5.69 Å². The zero-order valence-electron chi connectivity index (χ0n) is 19.0. The molecular formula is C25H23N5O4S. The lowest BCUT2D eigenvalue weighted by molar-refractivity contribution is -0.122. The Morgan fingerprint density at radius 2 is 2.00 bits per heavy atom. The largest absolute Gasteiger partial charge is 0.463 e. The van der Waals surface area contributed by atoms with Crippen LogP contribution in [0, 0.1) is 6.92 Å². The van der Waals surface area contributed by atoms with Crippen molar-refractivity contribution >= 4 is 28.3 Å². The van der Waals surface area contributed by atoms with Crippen LogP contribution >= 0.6 is 11.3 Å². The maximum Gasteiger partial charge on any atom is 0.266 e. The monoisotopic (exact) mass is 489 g/mol. The molecule has 1 atom stereocenters. The van der Waals surface area contributed by atoms with Gasteiger partial charge in [-0.05, 0) is 50.1 Å². The number of amides is 2. The molecular weight excluding hydrogens is 466 g/mol. The fraction of sp³-hybridized carbons (Fsp3) is 0.240. The highest BCUT2D eigenvalue weighted by atomic mass is 32.1. The van der Waals surface area contributed by atoms with Crippen LogP contribution in [0.3, 0.4) is 0 Å². The second-order valence-electron chi connectivity index (χ2n) is 8.29. The number of benzene rings is 1. The number of aromatic nitrogens is 3. The van der Waals surface area contributed by atoms with Crippen molar-refractivity contribution in [1.82, 2.24) is 20.1 Å². The molecule has 0 radical (unpaired) electrons. The minimum atomic E-state index is -0.384.